The van der Waals surface area contributed by atoms with Crippen molar-refractivity contribution < 1.29 is 14.5 Å². The minimum Gasteiger partial charge on any atom is -0.497 e. The van der Waals surface area contributed by atoms with Crippen LogP contribution >= 0.6 is 11.6 Å². The van der Waals surface area contributed by atoms with Crippen LogP contribution < -0.4 is 9.64 Å². The largest absolute Gasteiger partial charge is 0.497 e. The molecule has 3 aromatic carbocycles. The third-order valence-electron chi connectivity index (χ3n) is 6.51. The quantitative estimate of drug-likeness (QED) is 0.295. The minimum atomic E-state index is -0.996. The maximum Gasteiger partial charge on any atom is 0.245 e. The van der Waals surface area contributed by atoms with Gasteiger partial charge in [-0.05, 0) is 53.6 Å². The van der Waals surface area contributed by atoms with E-state index in [0.717, 1.165) is 16.8 Å². The van der Waals surface area contributed by atoms with Crippen LogP contribution in [0, 0.1) is 10.1 Å². The summed E-state index contributed by atoms with van der Waals surface area (Å²) < 4.78 is 5.27. The number of Topliss-reactive ketones (excluding diaryl/α,β-unsaturated/α-hetero) is 1. The van der Waals surface area contributed by atoms with Crippen LogP contribution in [0.1, 0.15) is 27.4 Å². The molecule has 1 fully saturated rings. The van der Waals surface area contributed by atoms with Gasteiger partial charge < -0.3 is 9.64 Å². The van der Waals surface area contributed by atoms with E-state index in [0.29, 0.717) is 16.3 Å². The Hall–Kier alpha value is -3.64. The first-order valence-electron chi connectivity index (χ1n) is 10.6. The molecule has 5 rings (SSSR count). The summed E-state index contributed by atoms with van der Waals surface area (Å²) in [4.78, 5) is 28.0. The Morgan fingerprint density at radius 3 is 2.39 bits per heavy atom. The van der Waals surface area contributed by atoms with Gasteiger partial charge in [-0.3, -0.25) is 14.9 Å². The van der Waals surface area contributed by atoms with Crippen LogP contribution in [0.3, 0.4) is 0 Å². The molecule has 33 heavy (non-hydrogen) atoms. The zero-order valence-corrected chi connectivity index (χ0v) is 18.6. The topological polar surface area (TPSA) is 72.7 Å². The molecule has 0 unspecified atom stereocenters. The van der Waals surface area contributed by atoms with Crippen molar-refractivity contribution in [2.45, 2.75) is 24.0 Å². The van der Waals surface area contributed by atoms with Crippen molar-refractivity contribution in [3.05, 3.63) is 111 Å². The van der Waals surface area contributed by atoms with E-state index in [1.165, 1.54) is 0 Å². The van der Waals surface area contributed by atoms with Gasteiger partial charge in [0.2, 0.25) is 6.04 Å². The van der Waals surface area contributed by atoms with E-state index in [1.807, 2.05) is 53.5 Å². The van der Waals surface area contributed by atoms with Crippen LogP contribution in [0.5, 0.6) is 5.75 Å². The van der Waals surface area contributed by atoms with Crippen molar-refractivity contribution in [3.63, 3.8) is 0 Å². The molecule has 4 atom stereocenters. The van der Waals surface area contributed by atoms with E-state index >= 15 is 0 Å². The zero-order valence-electron chi connectivity index (χ0n) is 17.8. The highest BCUT2D eigenvalue weighted by Crippen LogP contribution is 2.47. The zero-order chi connectivity index (χ0) is 23.1. The number of para-hydroxylation sites is 1. The number of methoxy groups -OCH3 is 1. The third kappa shape index (κ3) is 3.56. The number of rotatable bonds is 5. The van der Waals surface area contributed by atoms with E-state index in [9.17, 15) is 14.9 Å². The smallest absolute Gasteiger partial charge is 0.245 e. The number of anilines is 1. The highest BCUT2D eigenvalue weighted by Gasteiger charge is 2.58. The van der Waals surface area contributed by atoms with Gasteiger partial charge in [0.15, 0.2) is 5.78 Å². The Morgan fingerprint density at radius 1 is 1.03 bits per heavy atom. The van der Waals surface area contributed by atoms with Crippen molar-refractivity contribution in [3.8, 4) is 5.75 Å². The van der Waals surface area contributed by atoms with Crippen LogP contribution in [0.4, 0.5) is 5.69 Å². The highest BCUT2D eigenvalue weighted by molar-refractivity contribution is 6.30. The maximum atomic E-state index is 13.9. The summed E-state index contributed by atoms with van der Waals surface area (Å²) in [6.07, 6.45) is 3.76. The molecule has 3 aromatic rings. The van der Waals surface area contributed by atoms with Crippen LogP contribution in [0.2, 0.25) is 5.02 Å². The maximum absolute atomic E-state index is 13.9. The van der Waals surface area contributed by atoms with Crippen molar-refractivity contribution in [1.82, 2.24) is 0 Å². The number of hydrogen-bond donors (Lipinski definition) is 0. The second kappa shape index (κ2) is 8.37. The first-order chi connectivity index (χ1) is 16.0. The molecule has 0 bridgehead atoms. The van der Waals surface area contributed by atoms with Gasteiger partial charge in [-0.2, -0.15) is 0 Å². The summed E-state index contributed by atoms with van der Waals surface area (Å²) >= 11 is 6.04. The molecule has 7 heteroatoms. The first-order valence-corrected chi connectivity index (χ1v) is 11.0. The SMILES string of the molecule is COc1ccc([C@H]2[C@@H]([N+](=O)[O-])[C@H]3C=Cc4ccccc4N3[C@@H]2C(=O)c2ccc(Cl)cc2)cc1. The summed E-state index contributed by atoms with van der Waals surface area (Å²) in [5.41, 5.74) is 2.95. The van der Waals surface area contributed by atoms with Crippen LogP contribution in [0.15, 0.2) is 78.9 Å². The second-order valence-corrected chi connectivity index (χ2v) is 8.64. The summed E-state index contributed by atoms with van der Waals surface area (Å²) in [6.45, 7) is 0. The van der Waals surface area contributed by atoms with E-state index in [-0.39, 0.29) is 10.7 Å². The fourth-order valence-corrected chi connectivity index (χ4v) is 5.17. The van der Waals surface area contributed by atoms with E-state index in [2.05, 4.69) is 0 Å². The first kappa shape index (κ1) is 21.2. The van der Waals surface area contributed by atoms with E-state index < -0.39 is 24.0 Å². The molecule has 0 N–H and O–H groups in total. The van der Waals surface area contributed by atoms with Crippen molar-refractivity contribution in [2.75, 3.05) is 12.0 Å². The number of carbonyl (C=O) groups is 1. The molecule has 0 radical (unpaired) electrons. The summed E-state index contributed by atoms with van der Waals surface area (Å²) in [6, 6.07) is 19.2. The van der Waals surface area contributed by atoms with Crippen molar-refractivity contribution in [2.24, 2.45) is 0 Å². The second-order valence-electron chi connectivity index (χ2n) is 8.21. The van der Waals surface area contributed by atoms with Crippen molar-refractivity contribution in [1.29, 1.82) is 0 Å². The van der Waals surface area contributed by atoms with E-state index in [4.69, 9.17) is 16.3 Å². The predicted molar refractivity (Wildman–Crippen MR) is 128 cm³/mol. The molecular formula is C26H21ClN2O4. The number of nitrogens with zero attached hydrogens (tertiary/aromatic N) is 2. The lowest BCUT2D eigenvalue weighted by Crippen LogP contribution is -2.44. The lowest BCUT2D eigenvalue weighted by Gasteiger charge is -2.34. The molecule has 0 saturated carbocycles. The molecular weight excluding hydrogens is 440 g/mol. The average Bonchev–Trinajstić information content (AvgIpc) is 3.20. The van der Waals surface area contributed by atoms with Gasteiger partial charge in [-0.1, -0.05) is 54.1 Å². The Labute approximate surface area is 196 Å². The number of benzene rings is 3. The summed E-state index contributed by atoms with van der Waals surface area (Å²) in [5, 5.41) is 12.9. The molecule has 1 saturated heterocycles. The number of halogens is 1. The van der Waals surface area contributed by atoms with Crippen molar-refractivity contribution >= 4 is 29.1 Å². The lowest BCUT2D eigenvalue weighted by atomic mass is 9.83. The molecule has 6 nitrogen and oxygen atoms in total. The van der Waals surface area contributed by atoms with E-state index in [1.54, 1.807) is 43.5 Å². The summed E-state index contributed by atoms with van der Waals surface area (Å²) in [5.74, 6) is -0.181. The molecule has 2 heterocycles. The van der Waals surface area contributed by atoms with Gasteiger partial charge in [0, 0.05) is 21.2 Å². The Morgan fingerprint density at radius 2 is 1.73 bits per heavy atom. The number of ether oxygens (including phenoxy) is 1. The number of nitro groups is 1. The lowest BCUT2D eigenvalue weighted by molar-refractivity contribution is -0.524. The monoisotopic (exact) mass is 460 g/mol. The Balaban J connectivity index is 1.70. The van der Waals surface area contributed by atoms with Gasteiger partial charge in [0.25, 0.3) is 0 Å². The molecule has 166 valence electrons. The Kier molecular flexibility index (Phi) is 5.38. The normalized spacial score (nSPS) is 23.0. The molecule has 0 aromatic heterocycles. The minimum absolute atomic E-state index is 0.174. The summed E-state index contributed by atoms with van der Waals surface area (Å²) in [7, 11) is 1.57. The average molecular weight is 461 g/mol. The standard InChI is InChI=1S/C26H21ClN2O4/c1-33-20-13-8-17(9-14-20)23-24(29(31)32)22-15-10-16-4-2-3-5-21(16)28(22)25(23)26(30)18-6-11-19(27)12-7-18/h2-15,22-25H,1H3/t22-,23+,24+,25+/m1/s1. The molecule has 0 aliphatic carbocycles. The van der Waals surface area contributed by atoms with Gasteiger partial charge in [-0.15, -0.1) is 0 Å². The Bertz CT molecular complexity index is 1240. The van der Waals surface area contributed by atoms with Gasteiger partial charge in [-0.25, -0.2) is 0 Å². The molecule has 2 aliphatic heterocycles. The predicted octanol–water partition coefficient (Wildman–Crippen LogP) is 5.24. The van der Waals surface area contributed by atoms with Crippen LogP contribution in [0.25, 0.3) is 6.08 Å². The van der Waals surface area contributed by atoms with Crippen LogP contribution in [-0.4, -0.2) is 35.9 Å². The molecule has 0 amide bonds. The molecule has 2 aliphatic rings. The van der Waals surface area contributed by atoms with Gasteiger partial charge >= 0.3 is 0 Å². The number of carbonyl (C=O) groups excluding carboxylic acids is 1. The number of hydrogen-bond acceptors (Lipinski definition) is 5. The molecule has 0 spiro atoms. The highest BCUT2D eigenvalue weighted by atomic mass is 35.5. The number of fused-ring (bicyclic) bond motifs is 3. The fourth-order valence-electron chi connectivity index (χ4n) is 5.04. The van der Waals surface area contributed by atoms with Gasteiger partial charge in [0.05, 0.1) is 13.0 Å². The fraction of sp³-hybridized carbons (Fsp3) is 0.192. The van der Waals surface area contributed by atoms with Gasteiger partial charge in [0.1, 0.15) is 17.8 Å². The third-order valence-corrected chi connectivity index (χ3v) is 6.76. The number of ketones is 1. The van der Waals surface area contributed by atoms with Crippen LogP contribution in [-0.2, 0) is 0 Å².